The van der Waals surface area contributed by atoms with E-state index in [2.05, 4.69) is 20.8 Å². The fourth-order valence-corrected chi connectivity index (χ4v) is 2.66. The molecule has 1 aliphatic rings. The highest BCUT2D eigenvalue weighted by atomic mass is 79.9. The molecule has 0 spiro atoms. The van der Waals surface area contributed by atoms with Crippen LogP contribution in [0.2, 0.25) is 0 Å². The lowest BCUT2D eigenvalue weighted by atomic mass is 10.0. The van der Waals surface area contributed by atoms with Gasteiger partial charge in [-0.05, 0) is 65.3 Å². The number of nitrogens with zero attached hydrogens (tertiary/aromatic N) is 1. The van der Waals surface area contributed by atoms with Crippen molar-refractivity contribution in [1.82, 2.24) is 4.90 Å². The molecule has 3 rings (SSSR count). The molecule has 0 saturated carbocycles. The quantitative estimate of drug-likeness (QED) is 0.778. The minimum atomic E-state index is -0.419. The van der Waals surface area contributed by atoms with Gasteiger partial charge in [0, 0.05) is 17.7 Å². The normalized spacial score (nSPS) is 14.8. The molecule has 0 atom stereocenters. The van der Waals surface area contributed by atoms with Gasteiger partial charge in [0.05, 0.1) is 4.47 Å². The Kier molecular flexibility index (Phi) is 4.17. The van der Waals surface area contributed by atoms with E-state index in [1.165, 1.54) is 12.5 Å². The second-order valence-electron chi connectivity index (χ2n) is 5.29. The lowest BCUT2D eigenvalue weighted by Crippen LogP contribution is -2.36. The first-order valence-electron chi connectivity index (χ1n) is 6.94. The summed E-state index contributed by atoms with van der Waals surface area (Å²) in [6, 6.07) is 12.1. The third kappa shape index (κ3) is 3.22. The standard InChI is InChI=1S/C17H15BrFNO/c18-15-6-5-14(10-16(15)19)17(21)13-4-1-3-12(9-13)11-20-7-2-8-20/h1,3-6,9-10H,2,7-8,11H2. The maximum absolute atomic E-state index is 13.6. The molecule has 108 valence electrons. The zero-order valence-electron chi connectivity index (χ0n) is 11.5. The van der Waals surface area contributed by atoms with Gasteiger partial charge in [-0.3, -0.25) is 9.69 Å². The van der Waals surface area contributed by atoms with E-state index < -0.39 is 5.82 Å². The van der Waals surface area contributed by atoms with Crippen LogP contribution in [0.3, 0.4) is 0 Å². The average molecular weight is 348 g/mol. The lowest BCUT2D eigenvalue weighted by molar-refractivity contribution is 0.103. The van der Waals surface area contributed by atoms with Gasteiger partial charge < -0.3 is 0 Å². The largest absolute Gasteiger partial charge is 0.299 e. The van der Waals surface area contributed by atoms with Crippen LogP contribution in [-0.2, 0) is 6.54 Å². The van der Waals surface area contributed by atoms with E-state index >= 15 is 0 Å². The summed E-state index contributed by atoms with van der Waals surface area (Å²) >= 11 is 3.10. The molecule has 21 heavy (non-hydrogen) atoms. The van der Waals surface area contributed by atoms with Gasteiger partial charge >= 0.3 is 0 Å². The second kappa shape index (κ2) is 6.08. The molecule has 0 unspecified atom stereocenters. The first kappa shape index (κ1) is 14.4. The maximum Gasteiger partial charge on any atom is 0.193 e. The number of halogens is 2. The van der Waals surface area contributed by atoms with Gasteiger partial charge in [0.15, 0.2) is 5.78 Å². The Morgan fingerprint density at radius 1 is 1.14 bits per heavy atom. The Bertz CT molecular complexity index is 682. The zero-order valence-corrected chi connectivity index (χ0v) is 13.1. The number of carbonyl (C=O) groups is 1. The predicted octanol–water partition coefficient (Wildman–Crippen LogP) is 4.02. The van der Waals surface area contributed by atoms with Crippen molar-refractivity contribution in [3.8, 4) is 0 Å². The summed E-state index contributed by atoms with van der Waals surface area (Å²) in [6.07, 6.45) is 1.25. The van der Waals surface area contributed by atoms with Crippen molar-refractivity contribution in [2.24, 2.45) is 0 Å². The SMILES string of the molecule is O=C(c1cccc(CN2CCC2)c1)c1ccc(Br)c(F)c1. The van der Waals surface area contributed by atoms with Crippen molar-refractivity contribution in [2.45, 2.75) is 13.0 Å². The van der Waals surface area contributed by atoms with Crippen LogP contribution in [0.15, 0.2) is 46.9 Å². The first-order valence-corrected chi connectivity index (χ1v) is 7.74. The van der Waals surface area contributed by atoms with Crippen molar-refractivity contribution in [1.29, 1.82) is 0 Å². The van der Waals surface area contributed by atoms with Gasteiger partial charge in [0.1, 0.15) is 5.82 Å². The van der Waals surface area contributed by atoms with E-state index in [9.17, 15) is 9.18 Å². The molecule has 4 heteroatoms. The van der Waals surface area contributed by atoms with Crippen molar-refractivity contribution < 1.29 is 9.18 Å². The fraction of sp³-hybridized carbons (Fsp3) is 0.235. The van der Waals surface area contributed by atoms with Crippen LogP contribution in [-0.4, -0.2) is 23.8 Å². The molecule has 0 bridgehead atoms. The van der Waals surface area contributed by atoms with Crippen LogP contribution in [0.1, 0.15) is 27.9 Å². The van der Waals surface area contributed by atoms with Gasteiger partial charge in [0.25, 0.3) is 0 Å². The van der Waals surface area contributed by atoms with E-state index in [1.807, 2.05) is 18.2 Å². The molecule has 2 aromatic carbocycles. The number of hydrogen-bond donors (Lipinski definition) is 0. The fourth-order valence-electron chi connectivity index (χ4n) is 2.41. The van der Waals surface area contributed by atoms with Crippen LogP contribution >= 0.6 is 15.9 Å². The number of carbonyl (C=O) groups excluding carboxylic acids is 1. The van der Waals surface area contributed by atoms with Gasteiger partial charge in [-0.15, -0.1) is 0 Å². The van der Waals surface area contributed by atoms with Crippen LogP contribution in [0.25, 0.3) is 0 Å². The Balaban J connectivity index is 1.83. The molecule has 0 aliphatic carbocycles. The summed E-state index contributed by atoms with van der Waals surface area (Å²) in [4.78, 5) is 14.8. The highest BCUT2D eigenvalue weighted by Crippen LogP contribution is 2.20. The van der Waals surface area contributed by atoms with E-state index in [-0.39, 0.29) is 5.78 Å². The van der Waals surface area contributed by atoms with Crippen molar-refractivity contribution in [2.75, 3.05) is 13.1 Å². The third-order valence-corrected chi connectivity index (χ3v) is 4.37. The topological polar surface area (TPSA) is 20.3 Å². The molecule has 0 N–H and O–H groups in total. The first-order chi connectivity index (χ1) is 10.1. The van der Waals surface area contributed by atoms with E-state index in [1.54, 1.807) is 18.2 Å². The number of hydrogen-bond acceptors (Lipinski definition) is 2. The van der Waals surface area contributed by atoms with Crippen molar-refractivity contribution in [3.63, 3.8) is 0 Å². The van der Waals surface area contributed by atoms with Gasteiger partial charge in [0.2, 0.25) is 0 Å². The van der Waals surface area contributed by atoms with Crippen LogP contribution in [0.5, 0.6) is 0 Å². The molecular weight excluding hydrogens is 333 g/mol. The summed E-state index contributed by atoms with van der Waals surface area (Å²) in [5.41, 5.74) is 2.10. The monoisotopic (exact) mass is 347 g/mol. The Labute approximate surface area is 131 Å². The van der Waals surface area contributed by atoms with E-state index in [0.29, 0.717) is 15.6 Å². The van der Waals surface area contributed by atoms with Crippen LogP contribution in [0, 0.1) is 5.82 Å². The predicted molar refractivity (Wildman–Crippen MR) is 83.9 cm³/mol. The molecule has 1 fully saturated rings. The summed E-state index contributed by atoms with van der Waals surface area (Å²) in [6.45, 7) is 3.11. The number of rotatable bonds is 4. The highest BCUT2D eigenvalue weighted by molar-refractivity contribution is 9.10. The van der Waals surface area contributed by atoms with Gasteiger partial charge in [-0.1, -0.05) is 18.2 Å². The summed E-state index contributed by atoms with van der Waals surface area (Å²) in [5.74, 6) is -0.565. The highest BCUT2D eigenvalue weighted by Gasteiger charge is 2.15. The van der Waals surface area contributed by atoms with Gasteiger partial charge in [-0.25, -0.2) is 4.39 Å². The summed E-state index contributed by atoms with van der Waals surface area (Å²) in [7, 11) is 0. The van der Waals surface area contributed by atoms with Gasteiger partial charge in [-0.2, -0.15) is 0 Å². The Morgan fingerprint density at radius 2 is 1.90 bits per heavy atom. The minimum absolute atomic E-state index is 0.146. The molecule has 1 aliphatic heterocycles. The molecule has 2 aromatic rings. The second-order valence-corrected chi connectivity index (χ2v) is 6.14. The Hall–Kier alpha value is -1.52. The molecule has 0 amide bonds. The third-order valence-electron chi connectivity index (χ3n) is 3.73. The van der Waals surface area contributed by atoms with Crippen LogP contribution < -0.4 is 0 Å². The average Bonchev–Trinajstić information content (AvgIpc) is 2.45. The number of likely N-dealkylation sites (tertiary alicyclic amines) is 1. The zero-order chi connectivity index (χ0) is 14.8. The number of ketones is 1. The molecule has 0 aromatic heterocycles. The number of benzene rings is 2. The van der Waals surface area contributed by atoms with Crippen LogP contribution in [0.4, 0.5) is 4.39 Å². The Morgan fingerprint density at radius 3 is 2.57 bits per heavy atom. The van der Waals surface area contributed by atoms with Crippen molar-refractivity contribution in [3.05, 3.63) is 69.4 Å². The maximum atomic E-state index is 13.6. The molecule has 1 heterocycles. The van der Waals surface area contributed by atoms with E-state index in [0.717, 1.165) is 25.2 Å². The minimum Gasteiger partial charge on any atom is -0.299 e. The summed E-state index contributed by atoms with van der Waals surface area (Å²) < 4.78 is 13.9. The lowest BCUT2D eigenvalue weighted by Gasteiger charge is -2.30. The molecule has 2 nitrogen and oxygen atoms in total. The molecule has 1 saturated heterocycles. The molecular formula is C17H15BrFNO. The summed E-state index contributed by atoms with van der Waals surface area (Å²) in [5, 5.41) is 0. The van der Waals surface area contributed by atoms with Crippen molar-refractivity contribution >= 4 is 21.7 Å². The van der Waals surface area contributed by atoms with E-state index in [4.69, 9.17) is 0 Å². The molecule has 0 radical (unpaired) electrons. The smallest absolute Gasteiger partial charge is 0.193 e.